The summed E-state index contributed by atoms with van der Waals surface area (Å²) in [5, 5.41) is 0. The lowest BCUT2D eigenvalue weighted by Crippen LogP contribution is -2.36. The Morgan fingerprint density at radius 3 is 2.60 bits per heavy atom. The van der Waals surface area contributed by atoms with Crippen molar-refractivity contribution in [2.24, 2.45) is 0 Å². The first-order valence-corrected chi connectivity index (χ1v) is 6.50. The minimum absolute atomic E-state index is 0.0510. The third-order valence-electron chi connectivity index (χ3n) is 2.78. The summed E-state index contributed by atoms with van der Waals surface area (Å²) in [6.07, 6.45) is 3.00. The van der Waals surface area contributed by atoms with E-state index < -0.39 is 5.60 Å². The first-order valence-electron chi connectivity index (χ1n) is 6.50. The number of benzene rings is 1. The van der Waals surface area contributed by atoms with E-state index in [1.54, 1.807) is 45.0 Å². The van der Waals surface area contributed by atoms with Crippen LogP contribution < -0.4 is 4.74 Å². The minimum Gasteiger partial charge on any atom is -0.480 e. The lowest BCUT2D eigenvalue weighted by atomic mass is 10.1. The molecule has 0 atom stereocenters. The van der Waals surface area contributed by atoms with E-state index in [9.17, 15) is 9.59 Å². The maximum Gasteiger partial charge on any atom is 0.330 e. The second-order valence-corrected chi connectivity index (χ2v) is 4.83. The molecular formula is C16H20O4. The smallest absolute Gasteiger partial charge is 0.330 e. The van der Waals surface area contributed by atoms with Gasteiger partial charge in [0.2, 0.25) is 0 Å². The van der Waals surface area contributed by atoms with E-state index in [1.807, 2.05) is 6.07 Å². The van der Waals surface area contributed by atoms with Gasteiger partial charge >= 0.3 is 5.97 Å². The van der Waals surface area contributed by atoms with E-state index in [2.05, 4.69) is 0 Å². The molecule has 0 aliphatic carbocycles. The van der Waals surface area contributed by atoms with Gasteiger partial charge in [0.1, 0.15) is 5.75 Å². The fraction of sp³-hybridized carbons (Fsp3) is 0.375. The molecule has 0 radical (unpaired) electrons. The number of esters is 1. The van der Waals surface area contributed by atoms with Gasteiger partial charge in [-0.05, 0) is 51.5 Å². The van der Waals surface area contributed by atoms with E-state index in [-0.39, 0.29) is 11.8 Å². The van der Waals surface area contributed by atoms with Gasteiger partial charge in [-0.25, -0.2) is 4.79 Å². The van der Waals surface area contributed by atoms with Gasteiger partial charge in [0.05, 0.1) is 6.61 Å². The van der Waals surface area contributed by atoms with Gasteiger partial charge in [0, 0.05) is 6.08 Å². The summed E-state index contributed by atoms with van der Waals surface area (Å²) in [7, 11) is 0. The highest BCUT2D eigenvalue weighted by Crippen LogP contribution is 2.21. The van der Waals surface area contributed by atoms with Crippen LogP contribution in [0.25, 0.3) is 6.08 Å². The van der Waals surface area contributed by atoms with Crippen molar-refractivity contribution < 1.29 is 19.1 Å². The maximum atomic E-state index is 11.4. The van der Waals surface area contributed by atoms with Gasteiger partial charge in [0.25, 0.3) is 0 Å². The average molecular weight is 276 g/mol. The lowest BCUT2D eigenvalue weighted by Gasteiger charge is -2.23. The van der Waals surface area contributed by atoms with Gasteiger partial charge in [-0.2, -0.15) is 0 Å². The molecule has 0 bridgehead atoms. The third kappa shape index (κ3) is 4.88. The van der Waals surface area contributed by atoms with Gasteiger partial charge < -0.3 is 9.47 Å². The summed E-state index contributed by atoms with van der Waals surface area (Å²) in [6.45, 7) is 7.03. The zero-order valence-electron chi connectivity index (χ0n) is 12.3. The number of carbonyl (C=O) groups excluding carboxylic acids is 2. The Labute approximate surface area is 119 Å². The number of hydrogen-bond acceptors (Lipinski definition) is 4. The first-order chi connectivity index (χ1) is 9.35. The van der Waals surface area contributed by atoms with Crippen molar-refractivity contribution in [2.75, 3.05) is 6.61 Å². The molecule has 0 aliphatic heterocycles. The Kier molecular flexibility index (Phi) is 5.50. The molecule has 0 aromatic heterocycles. The molecule has 0 N–H and O–H groups in total. The molecule has 1 aromatic rings. The van der Waals surface area contributed by atoms with Crippen LogP contribution >= 0.6 is 0 Å². The summed E-state index contributed by atoms with van der Waals surface area (Å²) in [5.74, 6) is 0.143. The number of hydrogen-bond donors (Lipinski definition) is 0. The molecule has 1 rings (SSSR count). The van der Waals surface area contributed by atoms with Crippen molar-refractivity contribution >= 4 is 17.8 Å². The first kappa shape index (κ1) is 16.0. The fourth-order valence-corrected chi connectivity index (χ4v) is 1.40. The predicted octanol–water partition coefficient (Wildman–Crippen LogP) is 3.01. The third-order valence-corrected chi connectivity index (χ3v) is 2.78. The average Bonchev–Trinajstić information content (AvgIpc) is 2.36. The zero-order valence-corrected chi connectivity index (χ0v) is 12.3. The quantitative estimate of drug-likeness (QED) is 0.592. The normalized spacial score (nSPS) is 11.4. The van der Waals surface area contributed by atoms with Crippen LogP contribution in [0.4, 0.5) is 0 Å². The molecule has 4 heteroatoms. The Morgan fingerprint density at radius 2 is 2.00 bits per heavy atom. The van der Waals surface area contributed by atoms with Crippen molar-refractivity contribution in [3.8, 4) is 5.75 Å². The number of rotatable bonds is 6. The van der Waals surface area contributed by atoms with Crippen molar-refractivity contribution in [3.05, 3.63) is 35.9 Å². The zero-order chi connectivity index (χ0) is 15.2. The highest BCUT2D eigenvalue weighted by Gasteiger charge is 2.25. The van der Waals surface area contributed by atoms with Crippen LogP contribution in [0.3, 0.4) is 0 Å². The van der Waals surface area contributed by atoms with Crippen molar-refractivity contribution in [3.63, 3.8) is 0 Å². The second kappa shape index (κ2) is 6.89. The molecule has 0 saturated heterocycles. The highest BCUT2D eigenvalue weighted by molar-refractivity contribution is 5.87. The number of carbonyl (C=O) groups is 2. The molecule has 0 unspecified atom stereocenters. The molecule has 0 saturated carbocycles. The lowest BCUT2D eigenvalue weighted by molar-refractivity contribution is -0.137. The van der Waals surface area contributed by atoms with Crippen LogP contribution in [-0.4, -0.2) is 24.0 Å². The Hall–Kier alpha value is -2.10. The topological polar surface area (TPSA) is 52.6 Å². The molecule has 0 aliphatic rings. The van der Waals surface area contributed by atoms with E-state index in [0.29, 0.717) is 12.4 Å². The molecule has 0 amide bonds. The maximum absolute atomic E-state index is 11.4. The molecule has 20 heavy (non-hydrogen) atoms. The van der Waals surface area contributed by atoms with Gasteiger partial charge in [-0.15, -0.1) is 0 Å². The Balaban J connectivity index is 2.81. The number of ketones is 1. The van der Waals surface area contributed by atoms with E-state index in [0.717, 1.165) is 5.56 Å². The van der Waals surface area contributed by atoms with E-state index in [4.69, 9.17) is 9.47 Å². The molecule has 0 fully saturated rings. The Morgan fingerprint density at radius 1 is 1.30 bits per heavy atom. The molecule has 0 heterocycles. The van der Waals surface area contributed by atoms with Crippen molar-refractivity contribution in [2.45, 2.75) is 33.3 Å². The number of ether oxygens (including phenoxy) is 2. The van der Waals surface area contributed by atoms with Gasteiger partial charge in [-0.3, -0.25) is 4.79 Å². The second-order valence-electron chi connectivity index (χ2n) is 4.83. The molecular weight excluding hydrogens is 256 g/mol. The highest BCUT2D eigenvalue weighted by atomic mass is 16.5. The summed E-state index contributed by atoms with van der Waals surface area (Å²) in [5.41, 5.74) is -0.0707. The summed E-state index contributed by atoms with van der Waals surface area (Å²) in [6, 6.07) is 7.17. The van der Waals surface area contributed by atoms with Crippen LogP contribution in [-0.2, 0) is 14.3 Å². The van der Waals surface area contributed by atoms with Gasteiger partial charge in [-0.1, -0.05) is 12.1 Å². The summed E-state index contributed by atoms with van der Waals surface area (Å²) < 4.78 is 10.5. The largest absolute Gasteiger partial charge is 0.480 e. The van der Waals surface area contributed by atoms with E-state index in [1.165, 1.54) is 13.0 Å². The predicted molar refractivity (Wildman–Crippen MR) is 77.5 cm³/mol. The monoisotopic (exact) mass is 276 g/mol. The van der Waals surface area contributed by atoms with Crippen LogP contribution in [0, 0.1) is 0 Å². The van der Waals surface area contributed by atoms with E-state index >= 15 is 0 Å². The van der Waals surface area contributed by atoms with Crippen molar-refractivity contribution in [1.82, 2.24) is 0 Å². The number of Topliss-reactive ketones (excluding diaryl/α,β-unsaturated/α-hetero) is 1. The summed E-state index contributed by atoms with van der Waals surface area (Å²) >= 11 is 0. The molecule has 1 aromatic carbocycles. The van der Waals surface area contributed by atoms with Gasteiger partial charge in [0.15, 0.2) is 11.4 Å². The molecule has 0 spiro atoms. The summed E-state index contributed by atoms with van der Waals surface area (Å²) in [4.78, 5) is 22.7. The molecule has 4 nitrogen and oxygen atoms in total. The van der Waals surface area contributed by atoms with Crippen LogP contribution in [0.1, 0.15) is 33.3 Å². The fourth-order valence-electron chi connectivity index (χ4n) is 1.40. The minimum atomic E-state index is -0.872. The standard InChI is InChI=1S/C16H20O4/c1-5-19-15(18)10-9-13-7-6-8-14(11-13)20-16(3,4)12(2)17/h6-11H,5H2,1-4H3/b10-9+. The SMILES string of the molecule is CCOC(=O)/C=C/c1cccc(OC(C)(C)C(C)=O)c1. The van der Waals surface area contributed by atoms with Crippen LogP contribution in [0.5, 0.6) is 5.75 Å². The van der Waals surface area contributed by atoms with Crippen LogP contribution in [0.15, 0.2) is 30.3 Å². The molecule has 108 valence electrons. The van der Waals surface area contributed by atoms with Crippen molar-refractivity contribution in [1.29, 1.82) is 0 Å². The Bertz CT molecular complexity index is 515. The van der Waals surface area contributed by atoms with Crippen LogP contribution in [0.2, 0.25) is 0 Å².